The molecule has 0 aliphatic carbocycles. The van der Waals surface area contributed by atoms with Gasteiger partial charge in [0.25, 0.3) is 0 Å². The van der Waals surface area contributed by atoms with Gasteiger partial charge in [0, 0.05) is 28.8 Å². The van der Waals surface area contributed by atoms with Crippen LogP contribution in [-0.4, -0.2) is 66.4 Å². The summed E-state index contributed by atoms with van der Waals surface area (Å²) in [6, 6.07) is 0. The number of hydrogen-bond donors (Lipinski definition) is 0. The van der Waals surface area contributed by atoms with Crippen LogP contribution in [0.1, 0.15) is 82.1 Å². The molecule has 1 unspecified atom stereocenters. The van der Waals surface area contributed by atoms with E-state index in [1.807, 2.05) is 0 Å². The van der Waals surface area contributed by atoms with Gasteiger partial charge in [-0.15, -0.1) is 0 Å². The van der Waals surface area contributed by atoms with Gasteiger partial charge in [-0.05, 0) is 18.1 Å². The topological polar surface area (TPSA) is 63.2 Å². The van der Waals surface area contributed by atoms with E-state index in [0.717, 1.165) is 12.7 Å². The van der Waals surface area contributed by atoms with Gasteiger partial charge < -0.3 is 27.5 Å². The number of rotatable bonds is 4. The molecular formula is C26H50O6Si2. The standard InChI is InChI=1S/C26H50O6Si2/c1-17-22-20(29-18(13-14-27)23(17)32-33(11,12)24(2,3)4)15-19-21(30-22)16-28-34(31-19,25(5,6)7)26(8,9)10/h14,17-23H,13,15-16H2,1-12H3/t17-,18-,19+,20-,21+,22-,23?/m0/s1. The Bertz CT molecular complexity index is 721. The van der Waals surface area contributed by atoms with Crippen LogP contribution >= 0.6 is 0 Å². The summed E-state index contributed by atoms with van der Waals surface area (Å²) in [4.78, 5) is 11.6. The fourth-order valence-corrected chi connectivity index (χ4v) is 12.3. The highest BCUT2D eigenvalue weighted by atomic mass is 28.4. The molecule has 3 aliphatic heterocycles. The van der Waals surface area contributed by atoms with E-state index in [0.29, 0.717) is 13.0 Å². The van der Waals surface area contributed by atoms with Crippen molar-refractivity contribution in [3.63, 3.8) is 0 Å². The lowest BCUT2D eigenvalue weighted by molar-refractivity contribution is -0.272. The number of carbonyl (C=O) groups is 1. The summed E-state index contributed by atoms with van der Waals surface area (Å²) in [5.41, 5.74) is 0. The fourth-order valence-electron chi connectivity index (χ4n) is 5.93. The lowest BCUT2D eigenvalue weighted by Gasteiger charge is -2.58. The van der Waals surface area contributed by atoms with Crippen LogP contribution in [0.5, 0.6) is 0 Å². The number of carbonyl (C=O) groups excluding carboxylic acids is 1. The van der Waals surface area contributed by atoms with Crippen LogP contribution in [0.15, 0.2) is 0 Å². The van der Waals surface area contributed by atoms with Crippen molar-refractivity contribution in [2.45, 2.75) is 147 Å². The Morgan fingerprint density at radius 1 is 0.941 bits per heavy atom. The van der Waals surface area contributed by atoms with Crippen molar-refractivity contribution in [3.05, 3.63) is 0 Å². The SMILES string of the molecule is C[C@@H]1C(O[Si](C)(C)C(C)(C)C)[C@H](CC=O)O[C@H]2C[C@H]3O[Si](C(C)(C)C)(C(C)(C)C)OC[C@H]3O[C@H]21. The quantitative estimate of drug-likeness (QED) is 0.339. The molecule has 3 saturated heterocycles. The predicted octanol–water partition coefficient (Wildman–Crippen LogP) is 5.98. The number of aldehydes is 1. The normalized spacial score (nSPS) is 37.0. The van der Waals surface area contributed by atoms with Crippen LogP contribution in [0.4, 0.5) is 0 Å². The third-order valence-electron chi connectivity index (χ3n) is 8.64. The Morgan fingerprint density at radius 3 is 2.03 bits per heavy atom. The van der Waals surface area contributed by atoms with Gasteiger partial charge in [-0.1, -0.05) is 69.2 Å². The minimum Gasteiger partial charge on any atom is -0.411 e. The maximum absolute atomic E-state index is 11.6. The Balaban J connectivity index is 1.84. The van der Waals surface area contributed by atoms with Gasteiger partial charge >= 0.3 is 8.56 Å². The molecule has 3 heterocycles. The Labute approximate surface area is 210 Å². The molecule has 3 aliphatic rings. The largest absolute Gasteiger partial charge is 0.411 e. The van der Waals surface area contributed by atoms with Crippen LogP contribution in [-0.2, 0) is 27.5 Å². The molecule has 0 saturated carbocycles. The van der Waals surface area contributed by atoms with Gasteiger partial charge in [-0.3, -0.25) is 0 Å². The van der Waals surface area contributed by atoms with E-state index in [-0.39, 0.29) is 57.7 Å². The van der Waals surface area contributed by atoms with Crippen molar-refractivity contribution in [1.82, 2.24) is 0 Å². The first-order valence-corrected chi connectivity index (χ1v) is 17.8. The van der Waals surface area contributed by atoms with Gasteiger partial charge in [0.05, 0.1) is 37.1 Å². The van der Waals surface area contributed by atoms with Crippen LogP contribution in [0.3, 0.4) is 0 Å². The molecule has 0 bridgehead atoms. The van der Waals surface area contributed by atoms with E-state index in [1.165, 1.54) is 0 Å². The van der Waals surface area contributed by atoms with Crippen molar-refractivity contribution >= 4 is 23.2 Å². The highest BCUT2D eigenvalue weighted by Gasteiger charge is 2.64. The van der Waals surface area contributed by atoms with Crippen LogP contribution in [0.2, 0.25) is 28.2 Å². The number of ether oxygens (including phenoxy) is 2. The zero-order valence-corrected chi connectivity index (χ0v) is 25.7. The molecule has 3 fully saturated rings. The lowest BCUT2D eigenvalue weighted by Crippen LogP contribution is -2.69. The van der Waals surface area contributed by atoms with E-state index < -0.39 is 16.9 Å². The first-order chi connectivity index (χ1) is 15.3. The van der Waals surface area contributed by atoms with Crippen molar-refractivity contribution in [1.29, 1.82) is 0 Å². The van der Waals surface area contributed by atoms with Crippen molar-refractivity contribution in [2.24, 2.45) is 5.92 Å². The molecule has 0 amide bonds. The molecule has 7 atom stereocenters. The molecule has 3 rings (SSSR count). The summed E-state index contributed by atoms with van der Waals surface area (Å²) in [6.07, 6.45) is 1.31. The van der Waals surface area contributed by atoms with E-state index in [9.17, 15) is 4.79 Å². The third kappa shape index (κ3) is 5.02. The van der Waals surface area contributed by atoms with Crippen molar-refractivity contribution in [2.75, 3.05) is 6.61 Å². The van der Waals surface area contributed by atoms with E-state index in [1.54, 1.807) is 0 Å². The van der Waals surface area contributed by atoms with Gasteiger partial charge in [0.1, 0.15) is 12.4 Å². The van der Waals surface area contributed by atoms with Crippen molar-refractivity contribution in [3.8, 4) is 0 Å². The first kappa shape index (κ1) is 28.5. The van der Waals surface area contributed by atoms with Crippen LogP contribution in [0, 0.1) is 5.92 Å². The predicted molar refractivity (Wildman–Crippen MR) is 140 cm³/mol. The molecule has 0 radical (unpaired) electrons. The fraction of sp³-hybridized carbons (Fsp3) is 0.962. The monoisotopic (exact) mass is 514 g/mol. The summed E-state index contributed by atoms with van der Waals surface area (Å²) in [5.74, 6) is 0.118. The van der Waals surface area contributed by atoms with Gasteiger partial charge in [-0.2, -0.15) is 0 Å². The third-order valence-corrected chi connectivity index (χ3v) is 18.3. The average molecular weight is 515 g/mol. The molecular weight excluding hydrogens is 464 g/mol. The number of fused-ring (bicyclic) bond motifs is 2. The Morgan fingerprint density at radius 2 is 1.53 bits per heavy atom. The summed E-state index contributed by atoms with van der Waals surface area (Å²) >= 11 is 0. The summed E-state index contributed by atoms with van der Waals surface area (Å²) in [5, 5.41) is -0.0708. The Kier molecular flexibility index (Phi) is 7.82. The van der Waals surface area contributed by atoms with E-state index in [4.69, 9.17) is 22.8 Å². The smallest absolute Gasteiger partial charge is 0.349 e. The van der Waals surface area contributed by atoms with Gasteiger partial charge in [0.15, 0.2) is 8.32 Å². The van der Waals surface area contributed by atoms with Gasteiger partial charge in [0.2, 0.25) is 0 Å². The minimum absolute atomic E-state index is 0.0537. The Hall–Kier alpha value is -0.0962. The lowest BCUT2D eigenvalue weighted by atomic mass is 9.82. The molecule has 0 spiro atoms. The molecule has 0 aromatic rings. The molecule has 198 valence electrons. The highest BCUT2D eigenvalue weighted by Crippen LogP contribution is 2.55. The van der Waals surface area contributed by atoms with E-state index in [2.05, 4.69) is 82.3 Å². The molecule has 0 aromatic carbocycles. The second-order valence-electron chi connectivity index (χ2n) is 14.3. The minimum atomic E-state index is -2.58. The highest BCUT2D eigenvalue weighted by molar-refractivity contribution is 6.74. The summed E-state index contributed by atoms with van der Waals surface area (Å²) in [6.45, 7) is 27.4. The second-order valence-corrected chi connectivity index (χ2v) is 23.8. The molecule has 8 heteroatoms. The zero-order chi connectivity index (χ0) is 25.9. The maximum Gasteiger partial charge on any atom is 0.349 e. The average Bonchev–Trinajstić information content (AvgIpc) is 2.67. The molecule has 0 N–H and O–H groups in total. The van der Waals surface area contributed by atoms with Crippen LogP contribution in [0.25, 0.3) is 0 Å². The van der Waals surface area contributed by atoms with E-state index >= 15 is 0 Å². The first-order valence-electron chi connectivity index (χ1n) is 13.1. The van der Waals surface area contributed by atoms with Gasteiger partial charge in [-0.25, -0.2) is 0 Å². The zero-order valence-electron chi connectivity index (χ0n) is 23.7. The molecule has 34 heavy (non-hydrogen) atoms. The molecule has 6 nitrogen and oxygen atoms in total. The molecule has 0 aromatic heterocycles. The van der Waals surface area contributed by atoms with Crippen LogP contribution < -0.4 is 0 Å². The number of hydrogen-bond acceptors (Lipinski definition) is 6. The summed E-state index contributed by atoms with van der Waals surface area (Å²) < 4.78 is 33.7. The second kappa shape index (κ2) is 9.33. The summed E-state index contributed by atoms with van der Waals surface area (Å²) in [7, 11) is -4.63. The maximum atomic E-state index is 11.6. The van der Waals surface area contributed by atoms with Crippen molar-refractivity contribution < 1.29 is 27.5 Å².